The first-order valence-corrected chi connectivity index (χ1v) is 3.66. The average molecular weight is 142 g/mol. The Hall–Kier alpha value is -0.770. The van der Waals surface area contributed by atoms with E-state index in [-0.39, 0.29) is 0 Å². The first-order chi connectivity index (χ1) is 4.93. The number of nitrogens with one attached hydrogen (secondary N) is 1. The van der Waals surface area contributed by atoms with Crippen molar-refractivity contribution >= 4 is 6.34 Å². The molecule has 58 valence electrons. The Morgan fingerprint density at radius 1 is 1.30 bits per heavy atom. The van der Waals surface area contributed by atoms with Crippen molar-refractivity contribution < 1.29 is 0 Å². The molecule has 1 saturated heterocycles. The summed E-state index contributed by atoms with van der Waals surface area (Å²) in [6.07, 6.45) is 5.66. The van der Waals surface area contributed by atoms with Crippen LogP contribution in [-0.2, 0) is 0 Å². The van der Waals surface area contributed by atoms with Crippen molar-refractivity contribution in [2.75, 3.05) is 13.1 Å². The standard InChI is InChI=1S/C6H14N4/c7-9-8-6-10-4-2-1-3-5-10/h6,9H,1-5,7H2. The smallest absolute Gasteiger partial charge is 0.112 e. The van der Waals surface area contributed by atoms with E-state index < -0.39 is 0 Å². The molecule has 0 bridgehead atoms. The largest absolute Gasteiger partial charge is 0.361 e. The lowest BCUT2D eigenvalue weighted by Gasteiger charge is -2.23. The molecule has 1 aliphatic rings. The van der Waals surface area contributed by atoms with Crippen LogP contribution in [0, 0.1) is 0 Å². The SMILES string of the molecule is NNN=CN1CCCCC1. The molecule has 0 unspecified atom stereocenters. The van der Waals surface area contributed by atoms with Gasteiger partial charge in [-0.2, -0.15) is 5.10 Å². The summed E-state index contributed by atoms with van der Waals surface area (Å²) in [5.41, 5.74) is 2.24. The predicted octanol–water partition coefficient (Wildman–Crippen LogP) is -0.121. The monoisotopic (exact) mass is 142 g/mol. The Bertz CT molecular complexity index is 106. The maximum Gasteiger partial charge on any atom is 0.112 e. The maximum atomic E-state index is 4.97. The summed E-state index contributed by atoms with van der Waals surface area (Å²) in [6, 6.07) is 0. The van der Waals surface area contributed by atoms with Crippen molar-refractivity contribution in [3.63, 3.8) is 0 Å². The third-order valence-corrected chi connectivity index (χ3v) is 1.69. The molecule has 0 radical (unpaired) electrons. The molecule has 1 rings (SSSR count). The number of piperidine rings is 1. The summed E-state index contributed by atoms with van der Waals surface area (Å²) < 4.78 is 0. The minimum atomic E-state index is 1.12. The fourth-order valence-corrected chi connectivity index (χ4v) is 1.15. The summed E-state index contributed by atoms with van der Waals surface area (Å²) in [4.78, 5) is 2.17. The fraction of sp³-hybridized carbons (Fsp3) is 0.833. The molecule has 0 spiro atoms. The zero-order valence-electron chi connectivity index (χ0n) is 6.08. The Morgan fingerprint density at radius 3 is 2.60 bits per heavy atom. The highest BCUT2D eigenvalue weighted by Crippen LogP contribution is 2.05. The average Bonchev–Trinajstić information content (AvgIpc) is 2.03. The number of nitrogens with zero attached hydrogens (tertiary/aromatic N) is 2. The highest BCUT2D eigenvalue weighted by atomic mass is 15.5. The molecule has 3 N–H and O–H groups in total. The topological polar surface area (TPSA) is 53.6 Å². The van der Waals surface area contributed by atoms with Crippen molar-refractivity contribution in [3.05, 3.63) is 0 Å². The highest BCUT2D eigenvalue weighted by molar-refractivity contribution is 5.54. The van der Waals surface area contributed by atoms with Crippen LogP contribution in [0.25, 0.3) is 0 Å². The maximum absolute atomic E-state index is 4.97. The van der Waals surface area contributed by atoms with E-state index in [0.717, 1.165) is 13.1 Å². The lowest BCUT2D eigenvalue weighted by Crippen LogP contribution is -2.29. The molecule has 0 aromatic heterocycles. The lowest BCUT2D eigenvalue weighted by atomic mass is 10.1. The second-order valence-electron chi connectivity index (χ2n) is 2.47. The van der Waals surface area contributed by atoms with Gasteiger partial charge in [0.15, 0.2) is 0 Å². The van der Waals surface area contributed by atoms with E-state index >= 15 is 0 Å². The first-order valence-electron chi connectivity index (χ1n) is 3.66. The van der Waals surface area contributed by atoms with E-state index in [1.165, 1.54) is 19.3 Å². The van der Waals surface area contributed by atoms with Gasteiger partial charge in [0, 0.05) is 13.1 Å². The van der Waals surface area contributed by atoms with Crippen LogP contribution in [-0.4, -0.2) is 24.3 Å². The molecular formula is C6H14N4. The second-order valence-corrected chi connectivity index (χ2v) is 2.47. The number of rotatable bonds is 2. The molecule has 0 aliphatic carbocycles. The van der Waals surface area contributed by atoms with Gasteiger partial charge in [-0.3, -0.25) is 0 Å². The number of hydrogen-bond donors (Lipinski definition) is 2. The van der Waals surface area contributed by atoms with Crippen LogP contribution < -0.4 is 11.4 Å². The van der Waals surface area contributed by atoms with Gasteiger partial charge in [0.1, 0.15) is 6.34 Å². The molecule has 0 amide bonds. The van der Waals surface area contributed by atoms with Gasteiger partial charge in [0.05, 0.1) is 0 Å². The number of likely N-dealkylation sites (tertiary alicyclic amines) is 1. The van der Waals surface area contributed by atoms with Crippen LogP contribution in [0.2, 0.25) is 0 Å². The summed E-state index contributed by atoms with van der Waals surface area (Å²) >= 11 is 0. The Labute approximate surface area is 61.0 Å². The van der Waals surface area contributed by atoms with Gasteiger partial charge >= 0.3 is 0 Å². The Morgan fingerprint density at radius 2 is 2.00 bits per heavy atom. The van der Waals surface area contributed by atoms with E-state index in [2.05, 4.69) is 15.5 Å². The summed E-state index contributed by atoms with van der Waals surface area (Å²) in [5, 5.41) is 3.72. The van der Waals surface area contributed by atoms with E-state index in [4.69, 9.17) is 5.84 Å². The van der Waals surface area contributed by atoms with E-state index in [1.54, 1.807) is 6.34 Å². The van der Waals surface area contributed by atoms with Crippen LogP contribution in [0.15, 0.2) is 5.10 Å². The molecular weight excluding hydrogens is 128 g/mol. The van der Waals surface area contributed by atoms with Gasteiger partial charge in [0.25, 0.3) is 0 Å². The van der Waals surface area contributed by atoms with Crippen molar-refractivity contribution in [2.45, 2.75) is 19.3 Å². The fourth-order valence-electron chi connectivity index (χ4n) is 1.15. The molecule has 4 nitrogen and oxygen atoms in total. The third kappa shape index (κ3) is 2.23. The van der Waals surface area contributed by atoms with E-state index in [0.29, 0.717) is 0 Å². The van der Waals surface area contributed by atoms with Crippen LogP contribution in [0.5, 0.6) is 0 Å². The molecule has 0 atom stereocenters. The van der Waals surface area contributed by atoms with Gasteiger partial charge in [-0.15, -0.1) is 0 Å². The first kappa shape index (κ1) is 7.34. The minimum Gasteiger partial charge on any atom is -0.361 e. The summed E-state index contributed by atoms with van der Waals surface area (Å²) in [5.74, 6) is 4.97. The number of hydrogen-bond acceptors (Lipinski definition) is 3. The van der Waals surface area contributed by atoms with Crippen LogP contribution >= 0.6 is 0 Å². The van der Waals surface area contributed by atoms with Crippen molar-refractivity contribution in [3.8, 4) is 0 Å². The van der Waals surface area contributed by atoms with Crippen molar-refractivity contribution in [2.24, 2.45) is 10.9 Å². The van der Waals surface area contributed by atoms with Crippen molar-refractivity contribution in [1.29, 1.82) is 0 Å². The quantitative estimate of drug-likeness (QED) is 0.244. The normalized spacial score (nSPS) is 19.9. The summed E-state index contributed by atoms with van der Waals surface area (Å²) in [6.45, 7) is 2.23. The lowest BCUT2D eigenvalue weighted by molar-refractivity contribution is 0.349. The van der Waals surface area contributed by atoms with Crippen LogP contribution in [0.3, 0.4) is 0 Å². The Kier molecular flexibility index (Phi) is 3.02. The van der Waals surface area contributed by atoms with E-state index in [1.807, 2.05) is 0 Å². The van der Waals surface area contributed by atoms with E-state index in [9.17, 15) is 0 Å². The molecule has 1 fully saturated rings. The molecule has 10 heavy (non-hydrogen) atoms. The molecule has 0 saturated carbocycles. The Balaban J connectivity index is 2.19. The predicted molar refractivity (Wildman–Crippen MR) is 41.2 cm³/mol. The minimum absolute atomic E-state index is 1.12. The zero-order valence-corrected chi connectivity index (χ0v) is 6.08. The van der Waals surface area contributed by atoms with Gasteiger partial charge in [0.2, 0.25) is 0 Å². The van der Waals surface area contributed by atoms with Gasteiger partial charge in [-0.25, -0.2) is 11.4 Å². The van der Waals surface area contributed by atoms with Crippen LogP contribution in [0.1, 0.15) is 19.3 Å². The van der Waals surface area contributed by atoms with Gasteiger partial charge in [-0.05, 0) is 19.3 Å². The third-order valence-electron chi connectivity index (χ3n) is 1.69. The molecule has 1 heterocycles. The second kappa shape index (κ2) is 4.11. The molecule has 4 heteroatoms. The zero-order chi connectivity index (χ0) is 7.23. The highest BCUT2D eigenvalue weighted by Gasteiger charge is 2.04. The van der Waals surface area contributed by atoms with Crippen molar-refractivity contribution in [1.82, 2.24) is 10.4 Å². The van der Waals surface area contributed by atoms with Gasteiger partial charge < -0.3 is 4.90 Å². The molecule has 0 aromatic carbocycles. The molecule has 0 aromatic rings. The van der Waals surface area contributed by atoms with Crippen LogP contribution in [0.4, 0.5) is 0 Å². The molecule has 1 aliphatic heterocycles. The number of hydrazine groups is 1. The summed E-state index contributed by atoms with van der Waals surface area (Å²) in [7, 11) is 0. The number of hydrazone groups is 1. The van der Waals surface area contributed by atoms with Gasteiger partial charge in [-0.1, -0.05) is 0 Å². The number of nitrogens with two attached hydrogens (primary N) is 1.